The fourth-order valence-corrected chi connectivity index (χ4v) is 2.12. The number of aryl methyl sites for hydroxylation is 1. The molecule has 0 saturated carbocycles. The number of carbonyl (C=O) groups is 2. The van der Waals surface area contributed by atoms with Crippen LogP contribution in [0.25, 0.3) is 0 Å². The van der Waals surface area contributed by atoms with Crippen molar-refractivity contribution in [3.8, 4) is 0 Å². The van der Waals surface area contributed by atoms with Crippen molar-refractivity contribution in [2.24, 2.45) is 0 Å². The number of aromatic nitrogens is 3. The molecule has 2 amide bonds. The van der Waals surface area contributed by atoms with E-state index in [9.17, 15) is 9.59 Å². The number of amides is 2. The van der Waals surface area contributed by atoms with Crippen LogP contribution in [0.1, 0.15) is 25.1 Å². The van der Waals surface area contributed by atoms with Gasteiger partial charge in [-0.05, 0) is 19.3 Å². The zero-order valence-electron chi connectivity index (χ0n) is 11.5. The van der Waals surface area contributed by atoms with Gasteiger partial charge in [-0.15, -0.1) is 0 Å². The van der Waals surface area contributed by atoms with Gasteiger partial charge in [0.1, 0.15) is 12.2 Å². The lowest BCUT2D eigenvalue weighted by atomic mass is 10.2. The van der Waals surface area contributed by atoms with Crippen molar-refractivity contribution < 1.29 is 19.4 Å². The first kappa shape index (κ1) is 15.2. The fraction of sp³-hybridized carbons (Fsp3) is 0.667. The van der Waals surface area contributed by atoms with Gasteiger partial charge in [0.25, 0.3) is 0 Å². The lowest BCUT2D eigenvalue weighted by Gasteiger charge is -2.12. The highest BCUT2D eigenvalue weighted by Crippen LogP contribution is 2.19. The molecule has 1 fully saturated rings. The van der Waals surface area contributed by atoms with Crippen LogP contribution in [0.15, 0.2) is 6.33 Å². The molecule has 2 heterocycles. The molecule has 4 N–H and O–H groups in total. The zero-order valence-corrected chi connectivity index (χ0v) is 11.5. The Balaban J connectivity index is 1.53. The summed E-state index contributed by atoms with van der Waals surface area (Å²) in [4.78, 5) is 26.3. The van der Waals surface area contributed by atoms with E-state index in [1.165, 1.54) is 6.33 Å². The number of urea groups is 1. The van der Waals surface area contributed by atoms with Gasteiger partial charge in [-0.2, -0.15) is 5.10 Å². The zero-order chi connectivity index (χ0) is 15.1. The van der Waals surface area contributed by atoms with E-state index in [0.29, 0.717) is 32.4 Å². The molecular weight excluding hydrogens is 278 g/mol. The summed E-state index contributed by atoms with van der Waals surface area (Å²) in [6.45, 7) is 0.841. The van der Waals surface area contributed by atoms with Crippen LogP contribution < -0.4 is 10.6 Å². The van der Waals surface area contributed by atoms with Crippen LogP contribution in [0.3, 0.4) is 0 Å². The summed E-state index contributed by atoms with van der Waals surface area (Å²) >= 11 is 0. The molecule has 0 spiro atoms. The Kier molecular flexibility index (Phi) is 5.50. The van der Waals surface area contributed by atoms with Gasteiger partial charge in [0, 0.05) is 19.5 Å². The Morgan fingerprint density at radius 2 is 2.29 bits per heavy atom. The summed E-state index contributed by atoms with van der Waals surface area (Å²) in [6.07, 6.45) is 3.06. The third kappa shape index (κ3) is 5.03. The quantitative estimate of drug-likeness (QED) is 0.510. The van der Waals surface area contributed by atoms with Gasteiger partial charge in [0.05, 0.1) is 6.10 Å². The maximum atomic E-state index is 11.5. The minimum atomic E-state index is -0.950. The van der Waals surface area contributed by atoms with Gasteiger partial charge in [-0.25, -0.2) is 14.6 Å². The van der Waals surface area contributed by atoms with E-state index < -0.39 is 12.1 Å². The van der Waals surface area contributed by atoms with Crippen LogP contribution in [0, 0.1) is 0 Å². The molecule has 0 radical (unpaired) electrons. The molecular formula is C12H19N5O4. The number of carbonyl (C=O) groups excluding carboxylic acids is 1. The second-order valence-corrected chi connectivity index (χ2v) is 4.83. The summed E-state index contributed by atoms with van der Waals surface area (Å²) in [5.41, 5.74) is 0. The van der Waals surface area contributed by atoms with E-state index >= 15 is 0 Å². The maximum absolute atomic E-state index is 11.5. The number of carboxylic acid groups (broad SMARTS) is 1. The maximum Gasteiger partial charge on any atom is 0.332 e. The Morgan fingerprint density at radius 3 is 2.95 bits per heavy atom. The Hall–Kier alpha value is -2.16. The topological polar surface area (TPSA) is 129 Å². The largest absolute Gasteiger partial charge is 0.479 e. The third-order valence-corrected chi connectivity index (χ3v) is 3.21. The molecule has 1 aliphatic heterocycles. The highest BCUT2D eigenvalue weighted by atomic mass is 16.5. The standard InChI is InChI=1S/C12H19N5O4/c18-11(19)9-4-3-8(21-9)6-14-12(20)13-5-1-2-10-15-7-16-17-10/h7-9H,1-6H2,(H,18,19)(H2,13,14,20)(H,15,16,17). The molecule has 0 aliphatic carbocycles. The Labute approximate surface area is 121 Å². The van der Waals surface area contributed by atoms with Crippen molar-refractivity contribution >= 4 is 12.0 Å². The number of rotatable bonds is 7. The average molecular weight is 297 g/mol. The smallest absolute Gasteiger partial charge is 0.332 e. The van der Waals surface area contributed by atoms with Crippen LogP contribution in [-0.4, -0.2) is 57.6 Å². The summed E-state index contributed by atoms with van der Waals surface area (Å²) in [6, 6.07) is -0.282. The molecule has 9 nitrogen and oxygen atoms in total. The first-order valence-electron chi connectivity index (χ1n) is 6.89. The highest BCUT2D eigenvalue weighted by molar-refractivity contribution is 5.74. The molecule has 1 aromatic heterocycles. The van der Waals surface area contributed by atoms with Crippen molar-refractivity contribution in [2.45, 2.75) is 37.9 Å². The predicted molar refractivity (Wildman–Crippen MR) is 71.6 cm³/mol. The van der Waals surface area contributed by atoms with E-state index in [1.807, 2.05) is 0 Å². The molecule has 1 saturated heterocycles. The molecule has 1 aromatic rings. The van der Waals surface area contributed by atoms with E-state index in [4.69, 9.17) is 9.84 Å². The number of nitrogens with zero attached hydrogens (tertiary/aromatic N) is 2. The lowest BCUT2D eigenvalue weighted by molar-refractivity contribution is -0.149. The number of hydrogen-bond acceptors (Lipinski definition) is 5. The molecule has 1 aliphatic rings. The lowest BCUT2D eigenvalue weighted by Crippen LogP contribution is -2.40. The average Bonchev–Trinajstić information content (AvgIpc) is 3.12. The summed E-state index contributed by atoms with van der Waals surface area (Å²) in [5.74, 6) is -0.161. The van der Waals surface area contributed by atoms with E-state index in [0.717, 1.165) is 12.2 Å². The monoisotopic (exact) mass is 297 g/mol. The van der Waals surface area contributed by atoms with Gasteiger partial charge in [0.2, 0.25) is 0 Å². The number of aromatic amines is 1. The normalized spacial score (nSPS) is 21.1. The number of carboxylic acids is 1. The van der Waals surface area contributed by atoms with Crippen LogP contribution in [0.5, 0.6) is 0 Å². The van der Waals surface area contributed by atoms with Crippen LogP contribution in [0.4, 0.5) is 4.79 Å². The summed E-state index contributed by atoms with van der Waals surface area (Å²) in [5, 5.41) is 20.7. The number of aliphatic carboxylic acids is 1. The van der Waals surface area contributed by atoms with Crippen LogP contribution >= 0.6 is 0 Å². The number of hydrogen-bond donors (Lipinski definition) is 4. The first-order valence-corrected chi connectivity index (χ1v) is 6.89. The fourth-order valence-electron chi connectivity index (χ4n) is 2.12. The minimum absolute atomic E-state index is 0.231. The van der Waals surface area contributed by atoms with Crippen molar-refractivity contribution in [2.75, 3.05) is 13.1 Å². The van der Waals surface area contributed by atoms with Gasteiger partial charge in [0.15, 0.2) is 6.10 Å². The first-order chi connectivity index (χ1) is 10.1. The van der Waals surface area contributed by atoms with Crippen LogP contribution in [-0.2, 0) is 16.0 Å². The minimum Gasteiger partial charge on any atom is -0.479 e. The molecule has 0 bridgehead atoms. The molecule has 2 unspecified atom stereocenters. The Bertz CT molecular complexity index is 464. The van der Waals surface area contributed by atoms with Gasteiger partial charge >= 0.3 is 12.0 Å². The number of nitrogens with one attached hydrogen (secondary N) is 3. The van der Waals surface area contributed by atoms with Gasteiger partial charge < -0.3 is 20.5 Å². The van der Waals surface area contributed by atoms with E-state index in [1.54, 1.807) is 0 Å². The van der Waals surface area contributed by atoms with Crippen LogP contribution in [0.2, 0.25) is 0 Å². The highest BCUT2D eigenvalue weighted by Gasteiger charge is 2.30. The second-order valence-electron chi connectivity index (χ2n) is 4.83. The molecule has 2 rings (SSSR count). The van der Waals surface area contributed by atoms with Crippen molar-refractivity contribution in [1.29, 1.82) is 0 Å². The molecule has 116 valence electrons. The number of ether oxygens (including phenoxy) is 1. The Morgan fingerprint density at radius 1 is 1.43 bits per heavy atom. The second kappa shape index (κ2) is 7.58. The molecule has 0 aromatic carbocycles. The van der Waals surface area contributed by atoms with E-state index in [2.05, 4.69) is 25.8 Å². The summed E-state index contributed by atoms with van der Waals surface area (Å²) < 4.78 is 5.29. The molecule has 21 heavy (non-hydrogen) atoms. The molecule has 2 atom stereocenters. The van der Waals surface area contributed by atoms with Gasteiger partial charge in [-0.1, -0.05) is 0 Å². The third-order valence-electron chi connectivity index (χ3n) is 3.21. The van der Waals surface area contributed by atoms with Crippen molar-refractivity contribution in [3.63, 3.8) is 0 Å². The number of H-pyrrole nitrogens is 1. The summed E-state index contributed by atoms with van der Waals surface area (Å²) in [7, 11) is 0. The van der Waals surface area contributed by atoms with Crippen molar-refractivity contribution in [1.82, 2.24) is 25.8 Å². The van der Waals surface area contributed by atoms with Gasteiger partial charge in [-0.3, -0.25) is 5.10 Å². The van der Waals surface area contributed by atoms with E-state index in [-0.39, 0.29) is 12.1 Å². The molecule has 9 heteroatoms. The SMILES string of the molecule is O=C(NCCCc1ncn[nH]1)NCC1CCC(C(=O)O)O1. The van der Waals surface area contributed by atoms with Crippen molar-refractivity contribution in [3.05, 3.63) is 12.2 Å². The predicted octanol–water partition coefficient (Wildman–Crippen LogP) is -0.331.